The molecule has 7 heteroatoms. The molecule has 1 aromatic rings. The van der Waals surface area contributed by atoms with Crippen LogP contribution in [-0.2, 0) is 4.79 Å². The number of benzene rings is 1. The highest BCUT2D eigenvalue weighted by Gasteiger charge is 2.10. The third-order valence-electron chi connectivity index (χ3n) is 2.58. The van der Waals surface area contributed by atoms with Crippen LogP contribution >= 0.6 is 23.2 Å². The summed E-state index contributed by atoms with van der Waals surface area (Å²) in [5, 5.41) is 14.7. The van der Waals surface area contributed by atoms with Crippen LogP contribution in [0.2, 0.25) is 10.0 Å². The number of nitrogens with one attached hydrogen (secondary N) is 2. The topological polar surface area (TPSA) is 78.4 Å². The minimum Gasteiger partial charge on any atom is -0.481 e. The predicted molar refractivity (Wildman–Crippen MR) is 79.6 cm³/mol. The first-order valence-electron chi connectivity index (χ1n) is 6.13. The minimum absolute atomic E-state index is 0.0939. The van der Waals surface area contributed by atoms with Crippen molar-refractivity contribution in [2.75, 3.05) is 5.32 Å². The highest BCUT2D eigenvalue weighted by molar-refractivity contribution is 6.36. The molecular formula is C13H16Cl2N2O3. The smallest absolute Gasteiger partial charge is 0.319 e. The number of hydrogen-bond donors (Lipinski definition) is 3. The average Bonchev–Trinajstić information content (AvgIpc) is 2.32. The zero-order chi connectivity index (χ0) is 15.1. The van der Waals surface area contributed by atoms with Crippen LogP contribution in [0.25, 0.3) is 0 Å². The standard InChI is InChI=1S/C13H16Cl2N2O3/c1-8(3-2-4-12(18)19)16-13(20)17-11-6-5-9(14)7-10(11)15/h5-8H,2-4H2,1H3,(H,18,19)(H2,16,17,20). The summed E-state index contributed by atoms with van der Waals surface area (Å²) in [6.45, 7) is 1.81. The lowest BCUT2D eigenvalue weighted by Crippen LogP contribution is -2.36. The van der Waals surface area contributed by atoms with Crippen LogP contribution in [0.4, 0.5) is 10.5 Å². The Morgan fingerprint density at radius 3 is 2.65 bits per heavy atom. The van der Waals surface area contributed by atoms with Gasteiger partial charge in [-0.3, -0.25) is 4.79 Å². The lowest BCUT2D eigenvalue weighted by Gasteiger charge is -2.14. The van der Waals surface area contributed by atoms with E-state index < -0.39 is 12.0 Å². The highest BCUT2D eigenvalue weighted by Crippen LogP contribution is 2.25. The number of anilines is 1. The Labute approximate surface area is 127 Å². The van der Waals surface area contributed by atoms with E-state index in [2.05, 4.69) is 10.6 Å². The van der Waals surface area contributed by atoms with Gasteiger partial charge in [0.1, 0.15) is 0 Å². The molecular weight excluding hydrogens is 303 g/mol. The molecule has 0 bridgehead atoms. The van der Waals surface area contributed by atoms with Crippen LogP contribution in [0.15, 0.2) is 18.2 Å². The Bertz CT molecular complexity index is 495. The van der Waals surface area contributed by atoms with Crippen molar-refractivity contribution >= 4 is 40.9 Å². The Balaban J connectivity index is 2.41. The summed E-state index contributed by atoms with van der Waals surface area (Å²) in [7, 11) is 0. The second-order valence-electron chi connectivity index (χ2n) is 4.41. The van der Waals surface area contributed by atoms with E-state index in [0.29, 0.717) is 28.6 Å². The molecule has 3 N–H and O–H groups in total. The molecule has 0 fully saturated rings. The van der Waals surface area contributed by atoms with E-state index in [1.54, 1.807) is 12.1 Å². The number of carbonyl (C=O) groups excluding carboxylic acids is 1. The molecule has 110 valence electrons. The number of carbonyl (C=O) groups is 2. The lowest BCUT2D eigenvalue weighted by molar-refractivity contribution is -0.137. The van der Waals surface area contributed by atoms with Crippen molar-refractivity contribution in [3.8, 4) is 0 Å². The number of carboxylic acid groups (broad SMARTS) is 1. The molecule has 2 amide bonds. The fourth-order valence-corrected chi connectivity index (χ4v) is 2.06. The van der Waals surface area contributed by atoms with E-state index in [1.165, 1.54) is 6.07 Å². The summed E-state index contributed by atoms with van der Waals surface area (Å²) in [5.41, 5.74) is 0.464. The molecule has 1 rings (SSSR count). The molecule has 5 nitrogen and oxygen atoms in total. The van der Waals surface area contributed by atoms with Gasteiger partial charge in [0.2, 0.25) is 0 Å². The van der Waals surface area contributed by atoms with Gasteiger partial charge in [-0.05, 0) is 38.0 Å². The maximum absolute atomic E-state index is 11.7. The zero-order valence-corrected chi connectivity index (χ0v) is 12.5. The Morgan fingerprint density at radius 1 is 1.35 bits per heavy atom. The van der Waals surface area contributed by atoms with Crippen LogP contribution in [-0.4, -0.2) is 23.1 Å². The van der Waals surface area contributed by atoms with Gasteiger partial charge in [-0.2, -0.15) is 0 Å². The second-order valence-corrected chi connectivity index (χ2v) is 5.25. The van der Waals surface area contributed by atoms with E-state index >= 15 is 0 Å². The summed E-state index contributed by atoms with van der Waals surface area (Å²) in [6.07, 6.45) is 1.20. The molecule has 0 aliphatic heterocycles. The van der Waals surface area contributed by atoms with Crippen molar-refractivity contribution < 1.29 is 14.7 Å². The number of hydrogen-bond acceptors (Lipinski definition) is 2. The van der Waals surface area contributed by atoms with Gasteiger partial charge in [-0.25, -0.2) is 4.79 Å². The van der Waals surface area contributed by atoms with E-state index in [1.807, 2.05) is 6.92 Å². The van der Waals surface area contributed by atoms with Crippen molar-refractivity contribution in [3.63, 3.8) is 0 Å². The van der Waals surface area contributed by atoms with E-state index in [0.717, 1.165) is 0 Å². The molecule has 0 radical (unpaired) electrons. The third-order valence-corrected chi connectivity index (χ3v) is 3.13. The number of rotatable bonds is 6. The fourth-order valence-electron chi connectivity index (χ4n) is 1.60. The average molecular weight is 319 g/mol. The molecule has 0 aromatic heterocycles. The fraction of sp³-hybridized carbons (Fsp3) is 0.385. The first kappa shape index (κ1) is 16.6. The van der Waals surface area contributed by atoms with Crippen molar-refractivity contribution in [1.82, 2.24) is 5.32 Å². The SMILES string of the molecule is CC(CCCC(=O)O)NC(=O)Nc1ccc(Cl)cc1Cl. The van der Waals surface area contributed by atoms with Gasteiger partial charge in [0, 0.05) is 17.5 Å². The van der Waals surface area contributed by atoms with Crippen LogP contribution in [0.3, 0.4) is 0 Å². The van der Waals surface area contributed by atoms with Crippen molar-refractivity contribution in [3.05, 3.63) is 28.2 Å². The summed E-state index contributed by atoms with van der Waals surface area (Å²) in [5.74, 6) is -0.838. The number of urea groups is 1. The number of halogens is 2. The molecule has 1 unspecified atom stereocenters. The molecule has 0 aliphatic rings. The maximum atomic E-state index is 11.7. The Kier molecular flexibility index (Phi) is 6.61. The summed E-state index contributed by atoms with van der Waals surface area (Å²) in [6, 6.07) is 4.26. The molecule has 0 heterocycles. The quantitative estimate of drug-likeness (QED) is 0.747. The predicted octanol–water partition coefficient (Wildman–Crippen LogP) is 3.76. The van der Waals surface area contributed by atoms with Crippen LogP contribution in [0, 0.1) is 0 Å². The van der Waals surface area contributed by atoms with Crippen molar-refractivity contribution in [1.29, 1.82) is 0 Å². The van der Waals surface area contributed by atoms with Gasteiger partial charge in [0.05, 0.1) is 10.7 Å². The molecule has 20 heavy (non-hydrogen) atoms. The maximum Gasteiger partial charge on any atom is 0.319 e. The first-order chi connectivity index (χ1) is 9.38. The molecule has 0 saturated carbocycles. The Morgan fingerprint density at radius 2 is 2.05 bits per heavy atom. The van der Waals surface area contributed by atoms with Crippen molar-refractivity contribution in [2.45, 2.75) is 32.2 Å². The van der Waals surface area contributed by atoms with Crippen LogP contribution in [0.1, 0.15) is 26.2 Å². The summed E-state index contributed by atoms with van der Waals surface area (Å²) in [4.78, 5) is 22.1. The van der Waals surface area contributed by atoms with Gasteiger partial charge >= 0.3 is 12.0 Å². The largest absolute Gasteiger partial charge is 0.481 e. The summed E-state index contributed by atoms with van der Waals surface area (Å²) >= 11 is 11.7. The second kappa shape index (κ2) is 7.97. The molecule has 0 saturated heterocycles. The lowest BCUT2D eigenvalue weighted by atomic mass is 10.1. The van der Waals surface area contributed by atoms with Gasteiger partial charge in [-0.15, -0.1) is 0 Å². The Hall–Kier alpha value is -1.46. The van der Waals surface area contributed by atoms with Gasteiger partial charge in [0.15, 0.2) is 0 Å². The number of carboxylic acids is 1. The monoisotopic (exact) mass is 318 g/mol. The minimum atomic E-state index is -0.838. The van der Waals surface area contributed by atoms with Crippen molar-refractivity contribution in [2.24, 2.45) is 0 Å². The molecule has 0 aliphatic carbocycles. The number of aliphatic carboxylic acids is 1. The zero-order valence-electron chi connectivity index (χ0n) is 11.0. The van der Waals surface area contributed by atoms with E-state index in [4.69, 9.17) is 28.3 Å². The van der Waals surface area contributed by atoms with Crippen LogP contribution in [0.5, 0.6) is 0 Å². The van der Waals surface area contributed by atoms with Gasteiger partial charge in [0.25, 0.3) is 0 Å². The highest BCUT2D eigenvalue weighted by atomic mass is 35.5. The first-order valence-corrected chi connectivity index (χ1v) is 6.88. The van der Waals surface area contributed by atoms with E-state index in [-0.39, 0.29) is 12.5 Å². The molecule has 1 atom stereocenters. The molecule has 1 aromatic carbocycles. The third kappa shape index (κ3) is 6.12. The van der Waals surface area contributed by atoms with Gasteiger partial charge < -0.3 is 15.7 Å². The van der Waals surface area contributed by atoms with Gasteiger partial charge in [-0.1, -0.05) is 23.2 Å². The van der Waals surface area contributed by atoms with Crippen LogP contribution < -0.4 is 10.6 Å². The normalized spacial score (nSPS) is 11.8. The molecule has 0 spiro atoms. The summed E-state index contributed by atoms with van der Waals surface area (Å²) < 4.78 is 0. The van der Waals surface area contributed by atoms with E-state index in [9.17, 15) is 9.59 Å². The number of amides is 2.